The van der Waals surface area contributed by atoms with Crippen molar-refractivity contribution >= 4 is 24.2 Å². The van der Waals surface area contributed by atoms with E-state index >= 15 is 0 Å². The van der Waals surface area contributed by atoms with Gasteiger partial charge >= 0.3 is 12.1 Å². The van der Waals surface area contributed by atoms with Crippen molar-refractivity contribution in [3.05, 3.63) is 24.3 Å². The fraction of sp³-hybridized carbons (Fsp3) is 0.222. The molecular formula is C9H8F3NOS. The van der Waals surface area contributed by atoms with Gasteiger partial charge in [-0.05, 0) is 12.1 Å². The highest BCUT2D eigenvalue weighted by atomic mass is 32.1. The molecule has 0 aliphatic rings. The highest BCUT2D eigenvalue weighted by Gasteiger charge is 2.41. The second kappa shape index (κ2) is 4.14. The SMILES string of the molecule is CN(C(=O)C(F)(F)F)c1ccccc1S. The van der Waals surface area contributed by atoms with Crippen LogP contribution in [-0.2, 0) is 4.79 Å². The molecule has 0 heterocycles. The molecule has 1 aromatic rings. The van der Waals surface area contributed by atoms with E-state index in [4.69, 9.17) is 0 Å². The maximum Gasteiger partial charge on any atom is 0.471 e. The molecular weight excluding hydrogens is 227 g/mol. The predicted molar refractivity (Wildman–Crippen MR) is 53.2 cm³/mol. The summed E-state index contributed by atoms with van der Waals surface area (Å²) in [5, 5.41) is 0. The van der Waals surface area contributed by atoms with E-state index in [1.165, 1.54) is 18.2 Å². The molecule has 0 aliphatic carbocycles. The summed E-state index contributed by atoms with van der Waals surface area (Å²) in [7, 11) is 1.06. The molecule has 0 saturated carbocycles. The summed E-state index contributed by atoms with van der Waals surface area (Å²) in [6, 6.07) is 6.07. The number of nitrogens with zero attached hydrogens (tertiary/aromatic N) is 1. The second-order valence-corrected chi connectivity index (χ2v) is 3.33. The third-order valence-corrected chi connectivity index (χ3v) is 2.17. The largest absolute Gasteiger partial charge is 0.471 e. The number of para-hydroxylation sites is 1. The Morgan fingerprint density at radius 2 is 1.87 bits per heavy atom. The number of rotatable bonds is 1. The van der Waals surface area contributed by atoms with Gasteiger partial charge in [0.1, 0.15) is 0 Å². The van der Waals surface area contributed by atoms with Gasteiger partial charge in [0.15, 0.2) is 0 Å². The van der Waals surface area contributed by atoms with Crippen LogP contribution in [0.1, 0.15) is 0 Å². The quantitative estimate of drug-likeness (QED) is 0.741. The monoisotopic (exact) mass is 235 g/mol. The van der Waals surface area contributed by atoms with Crippen LogP contribution >= 0.6 is 12.6 Å². The first kappa shape index (κ1) is 11.9. The topological polar surface area (TPSA) is 20.3 Å². The van der Waals surface area contributed by atoms with Crippen molar-refractivity contribution < 1.29 is 18.0 Å². The van der Waals surface area contributed by atoms with Crippen LogP contribution < -0.4 is 4.90 Å². The van der Waals surface area contributed by atoms with Gasteiger partial charge in [-0.15, -0.1) is 12.6 Å². The summed E-state index contributed by atoms with van der Waals surface area (Å²) in [4.78, 5) is 11.7. The van der Waals surface area contributed by atoms with Crippen molar-refractivity contribution in [3.8, 4) is 0 Å². The number of hydrogen-bond donors (Lipinski definition) is 1. The Balaban J connectivity index is 3.01. The molecule has 0 aliphatic heterocycles. The second-order valence-electron chi connectivity index (χ2n) is 2.85. The molecule has 0 bridgehead atoms. The molecule has 0 saturated heterocycles. The Hall–Kier alpha value is -1.17. The van der Waals surface area contributed by atoms with E-state index in [9.17, 15) is 18.0 Å². The van der Waals surface area contributed by atoms with Gasteiger partial charge in [0.25, 0.3) is 0 Å². The highest BCUT2D eigenvalue weighted by molar-refractivity contribution is 7.80. The van der Waals surface area contributed by atoms with E-state index in [0.29, 0.717) is 9.80 Å². The molecule has 0 fully saturated rings. The molecule has 0 radical (unpaired) electrons. The van der Waals surface area contributed by atoms with Crippen molar-refractivity contribution in [2.24, 2.45) is 0 Å². The molecule has 1 aromatic carbocycles. The molecule has 6 heteroatoms. The number of anilines is 1. The molecule has 0 atom stereocenters. The van der Waals surface area contributed by atoms with Crippen molar-refractivity contribution in [2.45, 2.75) is 11.1 Å². The van der Waals surface area contributed by atoms with Gasteiger partial charge in [0.05, 0.1) is 5.69 Å². The van der Waals surface area contributed by atoms with Gasteiger partial charge in [0, 0.05) is 11.9 Å². The van der Waals surface area contributed by atoms with E-state index in [-0.39, 0.29) is 5.69 Å². The first-order valence-corrected chi connectivity index (χ1v) is 4.41. The van der Waals surface area contributed by atoms with Gasteiger partial charge < -0.3 is 4.90 Å². The Morgan fingerprint density at radius 1 is 1.33 bits per heavy atom. The third kappa shape index (κ3) is 2.65. The minimum absolute atomic E-state index is 0.128. The van der Waals surface area contributed by atoms with Gasteiger partial charge in [-0.25, -0.2) is 0 Å². The minimum atomic E-state index is -4.87. The van der Waals surface area contributed by atoms with Crippen LogP contribution in [0.3, 0.4) is 0 Å². The van der Waals surface area contributed by atoms with Crippen molar-refractivity contribution in [2.75, 3.05) is 11.9 Å². The Bertz CT molecular complexity index is 378. The first-order chi connectivity index (χ1) is 6.84. The number of thiol groups is 1. The summed E-state index contributed by atoms with van der Waals surface area (Å²) in [6.07, 6.45) is -4.87. The van der Waals surface area contributed by atoms with Crippen LogP contribution in [-0.4, -0.2) is 19.1 Å². The Kier molecular flexibility index (Phi) is 3.28. The first-order valence-electron chi connectivity index (χ1n) is 3.97. The van der Waals surface area contributed by atoms with Gasteiger partial charge in [-0.2, -0.15) is 13.2 Å². The summed E-state index contributed by atoms with van der Waals surface area (Å²) < 4.78 is 36.3. The number of benzene rings is 1. The lowest BCUT2D eigenvalue weighted by Crippen LogP contribution is -2.38. The molecule has 15 heavy (non-hydrogen) atoms. The van der Waals surface area contributed by atoms with Gasteiger partial charge in [-0.1, -0.05) is 12.1 Å². The zero-order valence-electron chi connectivity index (χ0n) is 7.75. The summed E-state index contributed by atoms with van der Waals surface area (Å²) in [6.45, 7) is 0. The Labute approximate surface area is 90.1 Å². The number of alkyl halides is 3. The lowest BCUT2D eigenvalue weighted by Gasteiger charge is -2.19. The summed E-state index contributed by atoms with van der Waals surface area (Å²) >= 11 is 3.97. The van der Waals surface area contributed by atoms with Gasteiger partial charge in [-0.3, -0.25) is 4.79 Å². The zero-order chi connectivity index (χ0) is 11.6. The maximum atomic E-state index is 12.1. The van der Waals surface area contributed by atoms with Crippen LogP contribution in [0.4, 0.5) is 18.9 Å². The van der Waals surface area contributed by atoms with Crippen LogP contribution in [0.15, 0.2) is 29.2 Å². The smallest absolute Gasteiger partial charge is 0.307 e. The number of hydrogen-bond acceptors (Lipinski definition) is 2. The van der Waals surface area contributed by atoms with E-state index in [2.05, 4.69) is 12.6 Å². The Morgan fingerprint density at radius 3 is 2.33 bits per heavy atom. The predicted octanol–water partition coefficient (Wildman–Crippen LogP) is 2.50. The number of carbonyl (C=O) groups is 1. The van der Waals surface area contributed by atoms with E-state index in [0.717, 1.165) is 7.05 Å². The van der Waals surface area contributed by atoms with Crippen LogP contribution in [0.2, 0.25) is 0 Å². The zero-order valence-corrected chi connectivity index (χ0v) is 8.64. The lowest BCUT2D eigenvalue weighted by atomic mass is 10.3. The maximum absolute atomic E-state index is 12.1. The molecule has 0 aromatic heterocycles. The number of amides is 1. The average molecular weight is 235 g/mol. The normalized spacial score (nSPS) is 11.3. The van der Waals surface area contributed by atoms with Crippen molar-refractivity contribution in [3.63, 3.8) is 0 Å². The number of halogens is 3. The standard InChI is InChI=1S/C9H8F3NOS/c1-13(8(14)9(10,11)12)6-4-2-3-5-7(6)15/h2-5,15H,1H3. The molecule has 1 amide bonds. The third-order valence-electron chi connectivity index (χ3n) is 1.79. The molecule has 0 unspecified atom stereocenters. The van der Waals surface area contributed by atoms with Crippen LogP contribution in [0, 0.1) is 0 Å². The molecule has 1 rings (SSSR count). The fourth-order valence-corrected chi connectivity index (χ4v) is 1.36. The highest BCUT2D eigenvalue weighted by Crippen LogP contribution is 2.26. The minimum Gasteiger partial charge on any atom is -0.307 e. The van der Waals surface area contributed by atoms with Crippen LogP contribution in [0.25, 0.3) is 0 Å². The van der Waals surface area contributed by atoms with E-state index in [1.54, 1.807) is 6.07 Å². The van der Waals surface area contributed by atoms with E-state index < -0.39 is 12.1 Å². The molecule has 2 nitrogen and oxygen atoms in total. The van der Waals surface area contributed by atoms with E-state index in [1.807, 2.05) is 0 Å². The summed E-state index contributed by atoms with van der Waals surface area (Å²) in [5.74, 6) is -1.91. The molecule has 0 spiro atoms. The molecule has 82 valence electrons. The molecule has 0 N–H and O–H groups in total. The number of carbonyl (C=O) groups excluding carboxylic acids is 1. The lowest BCUT2D eigenvalue weighted by molar-refractivity contribution is -0.170. The van der Waals surface area contributed by atoms with Gasteiger partial charge in [0.2, 0.25) is 0 Å². The fourth-order valence-electron chi connectivity index (χ4n) is 1.05. The average Bonchev–Trinajstić information content (AvgIpc) is 2.15. The van der Waals surface area contributed by atoms with Crippen molar-refractivity contribution in [1.29, 1.82) is 0 Å². The summed E-state index contributed by atoms with van der Waals surface area (Å²) in [5.41, 5.74) is 0.128. The van der Waals surface area contributed by atoms with Crippen LogP contribution in [0.5, 0.6) is 0 Å². The van der Waals surface area contributed by atoms with Crippen molar-refractivity contribution in [1.82, 2.24) is 0 Å².